The highest BCUT2D eigenvalue weighted by atomic mass is 32.2. The number of nitrogens with zero attached hydrogens (tertiary/aromatic N) is 1. The van der Waals surface area contributed by atoms with E-state index in [9.17, 15) is 4.39 Å². The molecule has 0 fully saturated rings. The van der Waals surface area contributed by atoms with Gasteiger partial charge in [-0.15, -0.1) is 6.58 Å². The third kappa shape index (κ3) is 5.60. The Hall–Kier alpha value is -1.95. The maximum atomic E-state index is 13.2. The van der Waals surface area contributed by atoms with E-state index >= 15 is 0 Å². The smallest absolute Gasteiger partial charge is 0.191 e. The van der Waals surface area contributed by atoms with E-state index < -0.39 is 0 Å². The maximum absolute atomic E-state index is 13.2. The van der Waals surface area contributed by atoms with Crippen LogP contribution in [0.2, 0.25) is 0 Å². The number of H-pyrrole nitrogens is 1. The van der Waals surface area contributed by atoms with E-state index in [1.54, 1.807) is 0 Å². The van der Waals surface area contributed by atoms with Crippen LogP contribution in [0.4, 0.5) is 4.39 Å². The number of thioether (sulfide) groups is 1. The van der Waals surface area contributed by atoms with Gasteiger partial charge in [0.25, 0.3) is 0 Å². The van der Waals surface area contributed by atoms with Crippen LogP contribution in [0.5, 0.6) is 0 Å². The Labute approximate surface area is 147 Å². The highest BCUT2D eigenvalue weighted by Gasteiger charge is 2.05. The van der Waals surface area contributed by atoms with Crippen molar-refractivity contribution in [1.29, 1.82) is 0 Å². The summed E-state index contributed by atoms with van der Waals surface area (Å²) in [5.74, 6) is 2.56. The molecule has 0 aliphatic rings. The Kier molecular flexibility index (Phi) is 7.68. The molecule has 0 aliphatic heterocycles. The third-order valence-electron chi connectivity index (χ3n) is 3.50. The van der Waals surface area contributed by atoms with Gasteiger partial charge in [-0.25, -0.2) is 4.39 Å². The van der Waals surface area contributed by atoms with Crippen molar-refractivity contribution in [3.8, 4) is 0 Å². The summed E-state index contributed by atoms with van der Waals surface area (Å²) in [6.45, 7) is 8.15. The fraction of sp³-hybridized carbons (Fsp3) is 0.389. The molecule has 2 aromatic rings. The number of guanidine groups is 1. The lowest BCUT2D eigenvalue weighted by molar-refractivity contribution is 0.629. The zero-order valence-corrected chi connectivity index (χ0v) is 14.9. The maximum Gasteiger partial charge on any atom is 0.191 e. The molecule has 3 N–H and O–H groups in total. The zero-order valence-electron chi connectivity index (χ0n) is 14.1. The van der Waals surface area contributed by atoms with Gasteiger partial charge < -0.3 is 15.6 Å². The number of halogens is 1. The monoisotopic (exact) mass is 348 g/mol. The molecule has 24 heavy (non-hydrogen) atoms. The zero-order chi connectivity index (χ0) is 17.2. The number of hydrogen-bond donors (Lipinski definition) is 3. The predicted octanol–water partition coefficient (Wildman–Crippen LogP) is 3.32. The van der Waals surface area contributed by atoms with E-state index in [-0.39, 0.29) is 5.82 Å². The first-order chi connectivity index (χ1) is 11.7. The summed E-state index contributed by atoms with van der Waals surface area (Å²) in [7, 11) is 0. The van der Waals surface area contributed by atoms with Crippen LogP contribution in [0.1, 0.15) is 12.5 Å². The van der Waals surface area contributed by atoms with E-state index in [2.05, 4.69) is 34.1 Å². The number of hydrogen-bond acceptors (Lipinski definition) is 2. The van der Waals surface area contributed by atoms with Crippen molar-refractivity contribution in [2.45, 2.75) is 13.3 Å². The Morgan fingerprint density at radius 3 is 3.08 bits per heavy atom. The van der Waals surface area contributed by atoms with Crippen LogP contribution in [0.3, 0.4) is 0 Å². The van der Waals surface area contributed by atoms with Gasteiger partial charge in [0.1, 0.15) is 5.82 Å². The van der Waals surface area contributed by atoms with Crippen LogP contribution in [-0.2, 0) is 6.42 Å². The van der Waals surface area contributed by atoms with Gasteiger partial charge in [-0.2, -0.15) is 11.8 Å². The van der Waals surface area contributed by atoms with Crippen molar-refractivity contribution >= 4 is 28.6 Å². The lowest BCUT2D eigenvalue weighted by Gasteiger charge is -2.11. The van der Waals surface area contributed by atoms with E-state index in [1.165, 1.54) is 17.7 Å². The van der Waals surface area contributed by atoms with E-state index in [4.69, 9.17) is 0 Å². The second-order valence-electron chi connectivity index (χ2n) is 5.30. The quantitative estimate of drug-likeness (QED) is 0.282. The van der Waals surface area contributed by atoms with Crippen molar-refractivity contribution in [2.24, 2.45) is 4.99 Å². The Morgan fingerprint density at radius 1 is 1.42 bits per heavy atom. The van der Waals surface area contributed by atoms with E-state index in [1.807, 2.05) is 30.1 Å². The van der Waals surface area contributed by atoms with Crippen molar-refractivity contribution in [1.82, 2.24) is 15.6 Å². The minimum Gasteiger partial charge on any atom is -0.361 e. The van der Waals surface area contributed by atoms with Crippen molar-refractivity contribution in [3.63, 3.8) is 0 Å². The van der Waals surface area contributed by atoms with Gasteiger partial charge in [0, 0.05) is 41.7 Å². The molecule has 0 radical (unpaired) electrons. The molecule has 0 amide bonds. The molecule has 0 aliphatic carbocycles. The molecule has 130 valence electrons. The van der Waals surface area contributed by atoms with Crippen molar-refractivity contribution in [2.75, 3.05) is 31.1 Å². The summed E-state index contributed by atoms with van der Waals surface area (Å²) >= 11 is 1.82. The standard InChI is InChI=1S/C18H25FN4S/c1-3-10-24-11-9-22-18(20-4-2)21-8-7-14-13-23-17-12-15(19)5-6-16(14)17/h3,5-6,12-13,23H,1,4,7-11H2,2H3,(H2,20,21,22). The first-order valence-electron chi connectivity index (χ1n) is 8.21. The number of fused-ring (bicyclic) bond motifs is 1. The van der Waals surface area contributed by atoms with Crippen LogP contribution in [0.15, 0.2) is 42.0 Å². The first kappa shape index (κ1) is 18.4. The summed E-state index contributed by atoms with van der Waals surface area (Å²) in [6, 6.07) is 4.85. The molecular weight excluding hydrogens is 323 g/mol. The molecule has 0 unspecified atom stereocenters. The van der Waals surface area contributed by atoms with Crippen LogP contribution in [0, 0.1) is 5.82 Å². The fourth-order valence-electron chi connectivity index (χ4n) is 2.41. The summed E-state index contributed by atoms with van der Waals surface area (Å²) in [6.07, 6.45) is 4.70. The molecule has 0 atom stereocenters. The molecule has 6 heteroatoms. The first-order valence-corrected chi connectivity index (χ1v) is 9.36. The lowest BCUT2D eigenvalue weighted by Crippen LogP contribution is -2.38. The van der Waals surface area contributed by atoms with Gasteiger partial charge >= 0.3 is 0 Å². The normalized spacial score (nSPS) is 11.7. The van der Waals surface area contributed by atoms with Crippen molar-refractivity contribution < 1.29 is 4.39 Å². The largest absolute Gasteiger partial charge is 0.361 e. The van der Waals surface area contributed by atoms with Gasteiger partial charge in [-0.3, -0.25) is 4.99 Å². The Morgan fingerprint density at radius 2 is 2.29 bits per heavy atom. The number of benzene rings is 1. The third-order valence-corrected chi connectivity index (χ3v) is 4.44. The Bertz CT molecular complexity index is 681. The summed E-state index contributed by atoms with van der Waals surface area (Å²) in [5.41, 5.74) is 2.01. The Balaban J connectivity index is 1.84. The second kappa shape index (κ2) is 10.0. The van der Waals surface area contributed by atoms with Gasteiger partial charge in [-0.05, 0) is 37.1 Å². The number of aliphatic imine (C=N–C) groups is 1. The minimum absolute atomic E-state index is 0.218. The topological polar surface area (TPSA) is 52.2 Å². The predicted molar refractivity (Wildman–Crippen MR) is 103 cm³/mol. The SMILES string of the molecule is C=CCSCCN=C(NCC)NCCc1c[nH]c2cc(F)ccc12. The molecule has 0 spiro atoms. The van der Waals surface area contributed by atoms with Crippen molar-refractivity contribution in [3.05, 3.63) is 48.4 Å². The average molecular weight is 348 g/mol. The van der Waals surface area contributed by atoms with E-state index in [0.717, 1.165) is 54.4 Å². The number of aromatic nitrogens is 1. The summed E-state index contributed by atoms with van der Waals surface area (Å²) < 4.78 is 13.2. The van der Waals surface area contributed by atoms with Gasteiger partial charge in [0.05, 0.1) is 6.54 Å². The highest BCUT2D eigenvalue weighted by molar-refractivity contribution is 7.99. The molecule has 4 nitrogen and oxygen atoms in total. The fourth-order valence-corrected chi connectivity index (χ4v) is 2.97. The number of nitrogens with one attached hydrogen (secondary N) is 3. The second-order valence-corrected chi connectivity index (χ2v) is 6.45. The van der Waals surface area contributed by atoms with Gasteiger partial charge in [0.15, 0.2) is 5.96 Å². The average Bonchev–Trinajstić information content (AvgIpc) is 2.96. The van der Waals surface area contributed by atoms with Crippen LogP contribution in [0.25, 0.3) is 10.9 Å². The molecule has 0 saturated carbocycles. The molecular formula is C18H25FN4S. The van der Waals surface area contributed by atoms with Gasteiger partial charge in [0.2, 0.25) is 0 Å². The van der Waals surface area contributed by atoms with Crippen LogP contribution >= 0.6 is 11.8 Å². The number of aromatic amines is 1. The summed E-state index contributed by atoms with van der Waals surface area (Å²) in [5, 5.41) is 7.67. The molecule has 2 rings (SSSR count). The van der Waals surface area contributed by atoms with Crippen LogP contribution in [-0.4, -0.2) is 42.1 Å². The molecule has 1 heterocycles. The molecule has 1 aromatic carbocycles. The van der Waals surface area contributed by atoms with Gasteiger partial charge in [-0.1, -0.05) is 6.08 Å². The lowest BCUT2D eigenvalue weighted by atomic mass is 10.1. The molecule has 0 saturated heterocycles. The number of rotatable bonds is 9. The molecule has 0 bridgehead atoms. The summed E-state index contributed by atoms with van der Waals surface area (Å²) in [4.78, 5) is 7.68. The van der Waals surface area contributed by atoms with E-state index in [0.29, 0.717) is 0 Å². The van der Waals surface area contributed by atoms with Crippen LogP contribution < -0.4 is 10.6 Å². The minimum atomic E-state index is -0.218. The highest BCUT2D eigenvalue weighted by Crippen LogP contribution is 2.19. The molecule has 1 aromatic heterocycles.